The fraction of sp³-hybridized carbons (Fsp3) is 0.304. The molecule has 1 aromatic carbocycles. The number of aryl methyl sites for hydroxylation is 4. The van der Waals surface area contributed by atoms with Gasteiger partial charge in [-0.05, 0) is 49.9 Å². The molecule has 0 bridgehead atoms. The van der Waals surface area contributed by atoms with Crippen molar-refractivity contribution in [3.63, 3.8) is 0 Å². The molecule has 7 heteroatoms. The SMILES string of the molecule is Cc1ccc(-c2ccnc3c2c(C)nn3CC(=O)NCCCn2cc(C)cn2)cc1. The molecule has 4 rings (SSSR count). The van der Waals surface area contributed by atoms with Crippen LogP contribution < -0.4 is 5.32 Å². The summed E-state index contributed by atoms with van der Waals surface area (Å²) in [5.41, 5.74) is 6.16. The van der Waals surface area contributed by atoms with Gasteiger partial charge in [0.2, 0.25) is 5.91 Å². The van der Waals surface area contributed by atoms with E-state index in [2.05, 4.69) is 51.7 Å². The second-order valence-corrected chi connectivity index (χ2v) is 7.65. The first-order chi connectivity index (χ1) is 14.5. The molecule has 0 aliphatic heterocycles. The van der Waals surface area contributed by atoms with Crippen LogP contribution in [0.15, 0.2) is 48.9 Å². The molecule has 0 atom stereocenters. The number of aromatic nitrogens is 5. The van der Waals surface area contributed by atoms with E-state index in [4.69, 9.17) is 0 Å². The zero-order chi connectivity index (χ0) is 21.1. The predicted octanol–water partition coefficient (Wildman–Crippen LogP) is 3.43. The van der Waals surface area contributed by atoms with E-state index in [-0.39, 0.29) is 12.5 Å². The highest BCUT2D eigenvalue weighted by atomic mass is 16.2. The van der Waals surface area contributed by atoms with Crippen LogP contribution in [0.25, 0.3) is 22.2 Å². The van der Waals surface area contributed by atoms with E-state index >= 15 is 0 Å². The number of nitrogens with zero attached hydrogens (tertiary/aromatic N) is 5. The van der Waals surface area contributed by atoms with Crippen molar-refractivity contribution < 1.29 is 4.79 Å². The number of fused-ring (bicyclic) bond motifs is 1. The van der Waals surface area contributed by atoms with Crippen molar-refractivity contribution in [3.05, 3.63) is 65.7 Å². The number of hydrogen-bond donors (Lipinski definition) is 1. The van der Waals surface area contributed by atoms with E-state index in [9.17, 15) is 4.79 Å². The first-order valence-electron chi connectivity index (χ1n) is 10.2. The molecule has 3 heterocycles. The molecule has 0 spiro atoms. The van der Waals surface area contributed by atoms with E-state index in [1.807, 2.05) is 37.0 Å². The summed E-state index contributed by atoms with van der Waals surface area (Å²) < 4.78 is 3.58. The van der Waals surface area contributed by atoms with Gasteiger partial charge < -0.3 is 5.32 Å². The minimum Gasteiger partial charge on any atom is -0.354 e. The van der Waals surface area contributed by atoms with Gasteiger partial charge in [0, 0.05) is 30.9 Å². The highest BCUT2D eigenvalue weighted by molar-refractivity contribution is 5.95. The van der Waals surface area contributed by atoms with E-state index in [0.29, 0.717) is 6.54 Å². The van der Waals surface area contributed by atoms with Gasteiger partial charge in [-0.15, -0.1) is 0 Å². The van der Waals surface area contributed by atoms with Crippen molar-refractivity contribution in [1.29, 1.82) is 0 Å². The van der Waals surface area contributed by atoms with Gasteiger partial charge in [0.25, 0.3) is 0 Å². The van der Waals surface area contributed by atoms with Gasteiger partial charge in [-0.2, -0.15) is 10.2 Å². The minimum absolute atomic E-state index is 0.0708. The van der Waals surface area contributed by atoms with Crippen LogP contribution in [0.1, 0.15) is 23.2 Å². The molecule has 1 amide bonds. The third-order valence-corrected chi connectivity index (χ3v) is 5.11. The Kier molecular flexibility index (Phi) is 5.61. The highest BCUT2D eigenvalue weighted by Crippen LogP contribution is 2.29. The van der Waals surface area contributed by atoms with Crippen LogP contribution in [0, 0.1) is 20.8 Å². The Morgan fingerprint density at radius 1 is 1.07 bits per heavy atom. The maximum Gasteiger partial charge on any atom is 0.241 e. The first-order valence-corrected chi connectivity index (χ1v) is 10.2. The summed E-state index contributed by atoms with van der Waals surface area (Å²) in [6.07, 6.45) is 6.43. The van der Waals surface area contributed by atoms with E-state index in [1.165, 1.54) is 5.56 Å². The van der Waals surface area contributed by atoms with E-state index in [0.717, 1.165) is 46.4 Å². The summed E-state index contributed by atoms with van der Waals surface area (Å²) in [4.78, 5) is 17.0. The maximum atomic E-state index is 12.5. The van der Waals surface area contributed by atoms with Crippen LogP contribution in [0.4, 0.5) is 0 Å². The monoisotopic (exact) mass is 402 g/mol. The Bertz CT molecular complexity index is 1170. The molecule has 30 heavy (non-hydrogen) atoms. The molecule has 1 N–H and O–H groups in total. The van der Waals surface area contributed by atoms with Crippen LogP contribution >= 0.6 is 0 Å². The Labute approximate surface area is 175 Å². The van der Waals surface area contributed by atoms with E-state index in [1.54, 1.807) is 10.9 Å². The van der Waals surface area contributed by atoms with Crippen molar-refractivity contribution in [2.45, 2.75) is 40.3 Å². The Balaban J connectivity index is 1.44. The molecule has 0 aliphatic carbocycles. The number of rotatable bonds is 7. The first kappa shape index (κ1) is 19.8. The number of amides is 1. The number of nitrogens with one attached hydrogen (secondary N) is 1. The molecule has 7 nitrogen and oxygen atoms in total. The summed E-state index contributed by atoms with van der Waals surface area (Å²) in [7, 11) is 0. The van der Waals surface area contributed by atoms with Crippen molar-refractivity contribution in [3.8, 4) is 11.1 Å². The van der Waals surface area contributed by atoms with Gasteiger partial charge in [0.05, 0.1) is 11.9 Å². The van der Waals surface area contributed by atoms with Gasteiger partial charge in [-0.1, -0.05) is 29.8 Å². The van der Waals surface area contributed by atoms with Crippen LogP contribution in [0.3, 0.4) is 0 Å². The average molecular weight is 403 g/mol. The van der Waals surface area contributed by atoms with E-state index < -0.39 is 0 Å². The number of carbonyl (C=O) groups excluding carboxylic acids is 1. The van der Waals surface area contributed by atoms with Gasteiger partial charge in [-0.25, -0.2) is 9.67 Å². The van der Waals surface area contributed by atoms with Gasteiger partial charge in [0.1, 0.15) is 6.54 Å². The highest BCUT2D eigenvalue weighted by Gasteiger charge is 2.15. The van der Waals surface area contributed by atoms with Crippen molar-refractivity contribution in [2.75, 3.05) is 6.54 Å². The van der Waals surface area contributed by atoms with Crippen molar-refractivity contribution in [2.24, 2.45) is 0 Å². The average Bonchev–Trinajstić information content (AvgIpc) is 3.29. The summed E-state index contributed by atoms with van der Waals surface area (Å²) >= 11 is 0. The fourth-order valence-electron chi connectivity index (χ4n) is 3.62. The summed E-state index contributed by atoms with van der Waals surface area (Å²) in [5.74, 6) is -0.0708. The van der Waals surface area contributed by atoms with Crippen LogP contribution in [0.5, 0.6) is 0 Å². The van der Waals surface area contributed by atoms with Crippen LogP contribution in [0.2, 0.25) is 0 Å². The molecule has 0 saturated heterocycles. The topological polar surface area (TPSA) is 77.6 Å². The lowest BCUT2D eigenvalue weighted by Gasteiger charge is -2.07. The lowest BCUT2D eigenvalue weighted by Crippen LogP contribution is -2.29. The summed E-state index contributed by atoms with van der Waals surface area (Å²) in [6, 6.07) is 10.4. The molecule has 0 aliphatic rings. The third kappa shape index (κ3) is 4.25. The number of benzene rings is 1. The third-order valence-electron chi connectivity index (χ3n) is 5.11. The second kappa shape index (κ2) is 8.49. The largest absolute Gasteiger partial charge is 0.354 e. The maximum absolute atomic E-state index is 12.5. The molecule has 0 fully saturated rings. The van der Waals surface area contributed by atoms with Crippen LogP contribution in [-0.4, -0.2) is 37.0 Å². The molecule has 0 radical (unpaired) electrons. The van der Waals surface area contributed by atoms with Crippen LogP contribution in [-0.2, 0) is 17.9 Å². The minimum atomic E-state index is -0.0708. The van der Waals surface area contributed by atoms with Crippen molar-refractivity contribution in [1.82, 2.24) is 29.9 Å². The van der Waals surface area contributed by atoms with Gasteiger partial charge in [0.15, 0.2) is 5.65 Å². The molecule has 4 aromatic rings. The lowest BCUT2D eigenvalue weighted by molar-refractivity contribution is -0.121. The summed E-state index contributed by atoms with van der Waals surface area (Å²) in [6.45, 7) is 7.57. The Hall–Kier alpha value is -3.48. The number of carbonyl (C=O) groups is 1. The fourth-order valence-corrected chi connectivity index (χ4v) is 3.62. The standard InChI is InChI=1S/C23H26N6O/c1-16-5-7-19(8-6-16)20-9-11-25-23-22(20)18(3)27-29(23)15-21(30)24-10-4-12-28-14-17(2)13-26-28/h5-9,11,13-14H,4,10,12,15H2,1-3H3,(H,24,30). The second-order valence-electron chi connectivity index (χ2n) is 7.65. The molecule has 0 saturated carbocycles. The lowest BCUT2D eigenvalue weighted by atomic mass is 10.0. The zero-order valence-electron chi connectivity index (χ0n) is 17.6. The van der Waals surface area contributed by atoms with Gasteiger partial charge in [-0.3, -0.25) is 9.48 Å². The Morgan fingerprint density at radius 2 is 1.87 bits per heavy atom. The Morgan fingerprint density at radius 3 is 2.60 bits per heavy atom. The smallest absolute Gasteiger partial charge is 0.241 e. The molecule has 3 aromatic heterocycles. The predicted molar refractivity (Wildman–Crippen MR) is 117 cm³/mol. The molecule has 154 valence electrons. The molecule has 0 unspecified atom stereocenters. The quantitative estimate of drug-likeness (QED) is 0.481. The zero-order valence-corrected chi connectivity index (χ0v) is 17.6. The normalized spacial score (nSPS) is 11.2. The van der Waals surface area contributed by atoms with Crippen molar-refractivity contribution >= 4 is 16.9 Å². The van der Waals surface area contributed by atoms with Gasteiger partial charge >= 0.3 is 0 Å². The molecular formula is C23H26N6O. The summed E-state index contributed by atoms with van der Waals surface area (Å²) in [5, 5.41) is 12.8. The number of hydrogen-bond acceptors (Lipinski definition) is 4. The molecular weight excluding hydrogens is 376 g/mol. The number of pyridine rings is 1.